The highest BCUT2D eigenvalue weighted by Crippen LogP contribution is 2.24. The Kier molecular flexibility index (Phi) is 3.45. The van der Waals surface area contributed by atoms with Crippen molar-refractivity contribution in [2.24, 2.45) is 0 Å². The van der Waals surface area contributed by atoms with Gasteiger partial charge in [-0.1, -0.05) is 18.2 Å². The van der Waals surface area contributed by atoms with E-state index in [1.54, 1.807) is 6.07 Å². The second-order valence-electron chi connectivity index (χ2n) is 4.72. The smallest absolute Gasteiger partial charge is 0.125 e. The number of rotatable bonds is 3. The summed E-state index contributed by atoms with van der Waals surface area (Å²) in [6, 6.07) is 12.5. The SMILES string of the molecule is Cc1cccc2c1nc(CCCl)n2-c1cccc(F)c1. The summed E-state index contributed by atoms with van der Waals surface area (Å²) in [7, 11) is 0. The van der Waals surface area contributed by atoms with Gasteiger partial charge in [0.25, 0.3) is 0 Å². The number of aryl methyl sites for hydroxylation is 2. The number of fused-ring (bicyclic) bond motifs is 1. The van der Waals surface area contributed by atoms with Gasteiger partial charge in [0.05, 0.1) is 16.7 Å². The zero-order chi connectivity index (χ0) is 14.1. The lowest BCUT2D eigenvalue weighted by Crippen LogP contribution is -2.02. The van der Waals surface area contributed by atoms with Crippen molar-refractivity contribution in [1.82, 2.24) is 9.55 Å². The van der Waals surface area contributed by atoms with Gasteiger partial charge in [0, 0.05) is 12.3 Å². The third-order valence-electron chi connectivity index (χ3n) is 3.34. The molecule has 3 aromatic rings. The fraction of sp³-hybridized carbons (Fsp3) is 0.188. The molecule has 4 heteroatoms. The maximum Gasteiger partial charge on any atom is 0.125 e. The number of hydrogen-bond acceptors (Lipinski definition) is 1. The van der Waals surface area contributed by atoms with Crippen LogP contribution in [0.5, 0.6) is 0 Å². The minimum absolute atomic E-state index is 0.256. The first-order valence-electron chi connectivity index (χ1n) is 6.49. The molecule has 3 rings (SSSR count). The zero-order valence-corrected chi connectivity index (χ0v) is 11.9. The molecule has 0 bridgehead atoms. The third kappa shape index (κ3) is 2.18. The van der Waals surface area contributed by atoms with Crippen LogP contribution in [0.1, 0.15) is 11.4 Å². The summed E-state index contributed by atoms with van der Waals surface area (Å²) < 4.78 is 15.5. The number of para-hydroxylation sites is 1. The van der Waals surface area contributed by atoms with Crippen molar-refractivity contribution < 1.29 is 4.39 Å². The lowest BCUT2D eigenvalue weighted by atomic mass is 10.2. The van der Waals surface area contributed by atoms with Crippen LogP contribution in [0.15, 0.2) is 42.5 Å². The maximum absolute atomic E-state index is 13.5. The molecule has 0 amide bonds. The predicted octanol–water partition coefficient (Wildman–Crippen LogP) is 4.25. The normalized spacial score (nSPS) is 11.2. The van der Waals surface area contributed by atoms with Gasteiger partial charge < -0.3 is 0 Å². The molecular weight excluding hydrogens is 275 g/mol. The highest BCUT2D eigenvalue weighted by atomic mass is 35.5. The van der Waals surface area contributed by atoms with Gasteiger partial charge in [-0.3, -0.25) is 4.57 Å². The van der Waals surface area contributed by atoms with Gasteiger partial charge in [0.1, 0.15) is 11.6 Å². The Balaban J connectivity index is 2.32. The largest absolute Gasteiger partial charge is 0.296 e. The molecule has 0 fully saturated rings. The highest BCUT2D eigenvalue weighted by Gasteiger charge is 2.13. The number of alkyl halides is 1. The Bertz CT molecular complexity index is 764. The Hall–Kier alpha value is -1.87. The molecule has 0 aliphatic rings. The van der Waals surface area contributed by atoms with Crippen LogP contribution in [0, 0.1) is 12.7 Å². The minimum atomic E-state index is -0.256. The molecule has 2 nitrogen and oxygen atoms in total. The second-order valence-corrected chi connectivity index (χ2v) is 5.10. The summed E-state index contributed by atoms with van der Waals surface area (Å²) in [6.45, 7) is 2.02. The van der Waals surface area contributed by atoms with Gasteiger partial charge in [-0.2, -0.15) is 0 Å². The van der Waals surface area contributed by atoms with E-state index in [4.69, 9.17) is 11.6 Å². The summed E-state index contributed by atoms with van der Waals surface area (Å²) in [6.07, 6.45) is 0.645. The van der Waals surface area contributed by atoms with Crippen LogP contribution in [0.3, 0.4) is 0 Å². The topological polar surface area (TPSA) is 17.8 Å². The molecule has 0 unspecified atom stereocenters. The minimum Gasteiger partial charge on any atom is -0.296 e. The molecule has 0 N–H and O–H groups in total. The molecule has 1 aromatic heterocycles. The van der Waals surface area contributed by atoms with Gasteiger partial charge in [0.15, 0.2) is 0 Å². The second kappa shape index (κ2) is 5.25. The molecule has 0 radical (unpaired) electrons. The van der Waals surface area contributed by atoms with Gasteiger partial charge in [0.2, 0.25) is 0 Å². The summed E-state index contributed by atoms with van der Waals surface area (Å²) in [4.78, 5) is 4.66. The summed E-state index contributed by atoms with van der Waals surface area (Å²) in [5.41, 5.74) is 3.80. The van der Waals surface area contributed by atoms with E-state index in [1.165, 1.54) is 12.1 Å². The lowest BCUT2D eigenvalue weighted by molar-refractivity contribution is 0.626. The number of halogens is 2. The number of benzene rings is 2. The molecule has 0 aliphatic heterocycles. The van der Waals surface area contributed by atoms with Crippen LogP contribution in [-0.2, 0) is 6.42 Å². The number of imidazole rings is 1. The standard InChI is InChI=1S/C16H14ClFN2/c1-11-4-2-7-14-16(11)19-15(8-9-17)20(14)13-6-3-5-12(18)10-13/h2-7,10H,8-9H2,1H3. The fourth-order valence-corrected chi connectivity index (χ4v) is 2.61. The van der Waals surface area contributed by atoms with E-state index in [2.05, 4.69) is 4.98 Å². The van der Waals surface area contributed by atoms with E-state index in [1.807, 2.05) is 35.8 Å². The van der Waals surface area contributed by atoms with Crippen LogP contribution < -0.4 is 0 Å². The average Bonchev–Trinajstić information content (AvgIpc) is 2.79. The maximum atomic E-state index is 13.5. The molecule has 0 atom stereocenters. The van der Waals surface area contributed by atoms with E-state index in [-0.39, 0.29) is 5.82 Å². The van der Waals surface area contributed by atoms with Gasteiger partial charge in [-0.05, 0) is 36.8 Å². The summed E-state index contributed by atoms with van der Waals surface area (Å²) in [5.74, 6) is 1.08. The van der Waals surface area contributed by atoms with E-state index < -0.39 is 0 Å². The Morgan fingerprint density at radius 2 is 2.00 bits per heavy atom. The highest BCUT2D eigenvalue weighted by molar-refractivity contribution is 6.17. The van der Waals surface area contributed by atoms with Crippen LogP contribution >= 0.6 is 11.6 Å². The van der Waals surface area contributed by atoms with Crippen molar-refractivity contribution in [3.8, 4) is 5.69 Å². The van der Waals surface area contributed by atoms with E-state index in [0.717, 1.165) is 28.1 Å². The van der Waals surface area contributed by atoms with Crippen LogP contribution in [-0.4, -0.2) is 15.4 Å². The Labute approximate surface area is 121 Å². The van der Waals surface area contributed by atoms with Gasteiger partial charge in [-0.15, -0.1) is 11.6 Å². The molecular formula is C16H14ClFN2. The van der Waals surface area contributed by atoms with E-state index in [9.17, 15) is 4.39 Å². The summed E-state index contributed by atoms with van der Waals surface area (Å²) >= 11 is 5.87. The molecule has 1 heterocycles. The fourth-order valence-electron chi connectivity index (χ4n) is 2.44. The molecule has 102 valence electrons. The van der Waals surface area contributed by atoms with Crippen molar-refractivity contribution in [2.75, 3.05) is 5.88 Å². The molecule has 0 saturated heterocycles. The Morgan fingerprint density at radius 1 is 1.20 bits per heavy atom. The molecule has 0 spiro atoms. The Morgan fingerprint density at radius 3 is 2.75 bits per heavy atom. The van der Waals surface area contributed by atoms with Gasteiger partial charge >= 0.3 is 0 Å². The lowest BCUT2D eigenvalue weighted by Gasteiger charge is -2.08. The number of aromatic nitrogens is 2. The van der Waals surface area contributed by atoms with Crippen molar-refractivity contribution in [1.29, 1.82) is 0 Å². The van der Waals surface area contributed by atoms with Crippen LogP contribution in [0.2, 0.25) is 0 Å². The van der Waals surface area contributed by atoms with Crippen molar-refractivity contribution in [3.05, 3.63) is 59.7 Å². The molecule has 2 aromatic carbocycles. The predicted molar refractivity (Wildman–Crippen MR) is 80.2 cm³/mol. The zero-order valence-electron chi connectivity index (χ0n) is 11.1. The molecule has 0 aliphatic carbocycles. The van der Waals surface area contributed by atoms with E-state index in [0.29, 0.717) is 12.3 Å². The number of hydrogen-bond donors (Lipinski definition) is 0. The first-order chi connectivity index (χ1) is 9.70. The van der Waals surface area contributed by atoms with Crippen LogP contribution in [0.25, 0.3) is 16.7 Å². The molecule has 20 heavy (non-hydrogen) atoms. The molecule has 0 saturated carbocycles. The third-order valence-corrected chi connectivity index (χ3v) is 3.53. The van der Waals surface area contributed by atoms with Crippen LogP contribution in [0.4, 0.5) is 4.39 Å². The van der Waals surface area contributed by atoms with Crippen molar-refractivity contribution in [3.63, 3.8) is 0 Å². The monoisotopic (exact) mass is 288 g/mol. The van der Waals surface area contributed by atoms with Gasteiger partial charge in [-0.25, -0.2) is 9.37 Å². The van der Waals surface area contributed by atoms with E-state index >= 15 is 0 Å². The first-order valence-corrected chi connectivity index (χ1v) is 7.03. The van der Waals surface area contributed by atoms with Crippen molar-refractivity contribution >= 4 is 22.6 Å². The average molecular weight is 289 g/mol. The number of nitrogens with zero attached hydrogens (tertiary/aromatic N) is 2. The van der Waals surface area contributed by atoms with Crippen molar-refractivity contribution in [2.45, 2.75) is 13.3 Å². The summed E-state index contributed by atoms with van der Waals surface area (Å²) in [5, 5.41) is 0. The first kappa shape index (κ1) is 13.1. The quantitative estimate of drug-likeness (QED) is 0.659.